The van der Waals surface area contributed by atoms with Crippen molar-refractivity contribution < 1.29 is 13.2 Å². The van der Waals surface area contributed by atoms with E-state index in [-0.39, 0.29) is 5.82 Å². The van der Waals surface area contributed by atoms with Gasteiger partial charge in [0.15, 0.2) is 5.65 Å². The Morgan fingerprint density at radius 3 is 2.54 bits per heavy atom. The molecule has 0 saturated carbocycles. The molecule has 0 fully saturated rings. The zero-order valence-electron chi connectivity index (χ0n) is 12.7. The summed E-state index contributed by atoms with van der Waals surface area (Å²) in [6.07, 6.45) is -3.76. The molecule has 0 radical (unpaired) electrons. The van der Waals surface area contributed by atoms with Crippen molar-refractivity contribution in [2.75, 3.05) is 11.9 Å². The number of alkyl halides is 3. The van der Waals surface area contributed by atoms with Gasteiger partial charge in [-0.2, -0.15) is 22.8 Å². The van der Waals surface area contributed by atoms with Crippen molar-refractivity contribution in [1.82, 2.24) is 14.6 Å². The molecule has 0 unspecified atom stereocenters. The first-order valence-electron chi connectivity index (χ1n) is 7.21. The lowest BCUT2D eigenvalue weighted by atomic mass is 10.1. The quantitative estimate of drug-likeness (QED) is 0.761. The second-order valence-corrected chi connectivity index (χ2v) is 5.90. The van der Waals surface area contributed by atoms with E-state index in [0.717, 1.165) is 5.56 Å². The van der Waals surface area contributed by atoms with Gasteiger partial charge in [-0.05, 0) is 24.6 Å². The molecule has 126 valence electrons. The predicted octanol–water partition coefficient (Wildman–Crippen LogP) is 4.26. The lowest BCUT2D eigenvalue weighted by Crippen LogP contribution is -2.22. The molecule has 0 bridgehead atoms. The highest BCUT2D eigenvalue weighted by Gasteiger charge is 2.27. The highest BCUT2D eigenvalue weighted by atomic mass is 35.5. The number of nitrogens with zero attached hydrogens (tertiary/aromatic N) is 3. The third kappa shape index (κ3) is 3.97. The molecule has 2 aromatic heterocycles. The van der Waals surface area contributed by atoms with E-state index in [4.69, 9.17) is 11.6 Å². The molecule has 1 aromatic carbocycles. The SMILES string of the molecule is Cc1cc(NCC(F)(F)F)n2nc(Cc3ccc(Cl)cc3)cc2n1. The van der Waals surface area contributed by atoms with Crippen LogP contribution in [0.15, 0.2) is 36.4 Å². The van der Waals surface area contributed by atoms with Gasteiger partial charge in [0.05, 0.1) is 5.69 Å². The molecule has 0 amide bonds. The lowest BCUT2D eigenvalue weighted by molar-refractivity contribution is -0.115. The Bertz CT molecular complexity index is 856. The molecule has 4 nitrogen and oxygen atoms in total. The Labute approximate surface area is 141 Å². The van der Waals surface area contributed by atoms with Crippen LogP contribution in [-0.2, 0) is 6.42 Å². The number of hydrogen-bond donors (Lipinski definition) is 1. The molecule has 0 aliphatic rings. The van der Waals surface area contributed by atoms with Crippen LogP contribution < -0.4 is 5.32 Å². The summed E-state index contributed by atoms with van der Waals surface area (Å²) < 4.78 is 38.7. The Morgan fingerprint density at radius 1 is 1.17 bits per heavy atom. The number of halogens is 4. The van der Waals surface area contributed by atoms with E-state index in [1.807, 2.05) is 12.1 Å². The summed E-state index contributed by atoms with van der Waals surface area (Å²) in [4.78, 5) is 4.32. The molecule has 0 aliphatic carbocycles. The first-order chi connectivity index (χ1) is 11.3. The van der Waals surface area contributed by atoms with Crippen LogP contribution in [0.25, 0.3) is 5.65 Å². The molecule has 3 aromatic rings. The molecule has 0 saturated heterocycles. The van der Waals surface area contributed by atoms with E-state index in [0.29, 0.717) is 28.5 Å². The fraction of sp³-hybridized carbons (Fsp3) is 0.250. The minimum atomic E-state index is -4.30. The molecule has 0 spiro atoms. The molecule has 2 heterocycles. The summed E-state index contributed by atoms with van der Waals surface area (Å²) in [5.74, 6) is 0.261. The average Bonchev–Trinajstić information content (AvgIpc) is 2.88. The second kappa shape index (κ2) is 6.32. The van der Waals surface area contributed by atoms with Gasteiger partial charge in [0.2, 0.25) is 0 Å². The van der Waals surface area contributed by atoms with Crippen LogP contribution in [0.1, 0.15) is 17.0 Å². The van der Waals surface area contributed by atoms with Gasteiger partial charge in [0.1, 0.15) is 12.4 Å². The third-order valence-corrected chi connectivity index (χ3v) is 3.63. The molecule has 0 atom stereocenters. The topological polar surface area (TPSA) is 42.2 Å². The van der Waals surface area contributed by atoms with Gasteiger partial charge in [0, 0.05) is 29.3 Å². The van der Waals surface area contributed by atoms with Crippen molar-refractivity contribution in [3.05, 3.63) is 58.4 Å². The maximum atomic E-state index is 12.4. The summed E-state index contributed by atoms with van der Waals surface area (Å²) in [5.41, 5.74) is 2.84. The minimum absolute atomic E-state index is 0.261. The van der Waals surface area contributed by atoms with E-state index in [2.05, 4.69) is 15.4 Å². The summed E-state index contributed by atoms with van der Waals surface area (Å²) in [5, 5.41) is 7.38. The molecule has 24 heavy (non-hydrogen) atoms. The summed E-state index contributed by atoms with van der Waals surface area (Å²) in [7, 11) is 0. The van der Waals surface area contributed by atoms with Crippen LogP contribution in [0, 0.1) is 6.92 Å². The molecular formula is C16H14ClF3N4. The van der Waals surface area contributed by atoms with E-state index < -0.39 is 12.7 Å². The van der Waals surface area contributed by atoms with Crippen molar-refractivity contribution >= 4 is 23.1 Å². The second-order valence-electron chi connectivity index (χ2n) is 5.46. The van der Waals surface area contributed by atoms with Crippen LogP contribution in [-0.4, -0.2) is 27.3 Å². The predicted molar refractivity (Wildman–Crippen MR) is 86.5 cm³/mol. The van der Waals surface area contributed by atoms with Crippen molar-refractivity contribution in [2.24, 2.45) is 0 Å². The highest BCUT2D eigenvalue weighted by Crippen LogP contribution is 2.20. The first kappa shape index (κ1) is 16.6. The Balaban J connectivity index is 1.90. The van der Waals surface area contributed by atoms with Crippen LogP contribution >= 0.6 is 11.6 Å². The number of benzene rings is 1. The van der Waals surface area contributed by atoms with Crippen LogP contribution in [0.4, 0.5) is 19.0 Å². The zero-order chi connectivity index (χ0) is 17.3. The number of anilines is 1. The van der Waals surface area contributed by atoms with Crippen molar-refractivity contribution in [1.29, 1.82) is 0 Å². The normalized spacial score (nSPS) is 11.9. The van der Waals surface area contributed by atoms with E-state index in [1.165, 1.54) is 10.6 Å². The number of fused-ring (bicyclic) bond motifs is 1. The number of aryl methyl sites for hydroxylation is 1. The molecule has 1 N–H and O–H groups in total. The fourth-order valence-electron chi connectivity index (χ4n) is 2.36. The smallest absolute Gasteiger partial charge is 0.361 e. The number of rotatable bonds is 4. The number of nitrogens with one attached hydrogen (secondary N) is 1. The lowest BCUT2D eigenvalue weighted by Gasteiger charge is -2.11. The summed E-state index contributed by atoms with van der Waals surface area (Å²) >= 11 is 5.86. The number of aromatic nitrogens is 3. The number of hydrogen-bond acceptors (Lipinski definition) is 3. The van der Waals surface area contributed by atoms with Gasteiger partial charge >= 0.3 is 6.18 Å². The summed E-state index contributed by atoms with van der Waals surface area (Å²) in [6.45, 7) is 0.600. The van der Waals surface area contributed by atoms with Crippen molar-refractivity contribution in [3.63, 3.8) is 0 Å². The Kier molecular flexibility index (Phi) is 4.36. The first-order valence-corrected chi connectivity index (χ1v) is 7.59. The zero-order valence-corrected chi connectivity index (χ0v) is 13.5. The Hall–Kier alpha value is -2.28. The standard InChI is InChI=1S/C16H14ClF3N4/c1-10-6-14(21-9-16(18,19)20)24-15(22-10)8-13(23-24)7-11-2-4-12(17)5-3-11/h2-6,8,21H,7,9H2,1H3. The van der Waals surface area contributed by atoms with Gasteiger partial charge in [-0.3, -0.25) is 0 Å². The molecule has 8 heteroatoms. The van der Waals surface area contributed by atoms with Crippen molar-refractivity contribution in [2.45, 2.75) is 19.5 Å². The maximum Gasteiger partial charge on any atom is 0.405 e. The molecule has 0 aliphatic heterocycles. The average molecular weight is 355 g/mol. The van der Waals surface area contributed by atoms with Crippen LogP contribution in [0.5, 0.6) is 0 Å². The highest BCUT2D eigenvalue weighted by molar-refractivity contribution is 6.30. The van der Waals surface area contributed by atoms with E-state index in [9.17, 15) is 13.2 Å². The fourth-order valence-corrected chi connectivity index (χ4v) is 2.49. The molecule has 3 rings (SSSR count). The largest absolute Gasteiger partial charge is 0.405 e. The van der Waals surface area contributed by atoms with Gasteiger partial charge < -0.3 is 5.32 Å². The van der Waals surface area contributed by atoms with Crippen molar-refractivity contribution in [3.8, 4) is 0 Å². The van der Waals surface area contributed by atoms with E-state index >= 15 is 0 Å². The van der Waals surface area contributed by atoms with Gasteiger partial charge in [-0.25, -0.2) is 4.98 Å². The van der Waals surface area contributed by atoms with Gasteiger partial charge in [0.25, 0.3) is 0 Å². The van der Waals surface area contributed by atoms with Gasteiger partial charge in [-0.15, -0.1) is 0 Å². The third-order valence-electron chi connectivity index (χ3n) is 3.37. The van der Waals surface area contributed by atoms with Crippen LogP contribution in [0.2, 0.25) is 5.02 Å². The molecular weight excluding hydrogens is 341 g/mol. The van der Waals surface area contributed by atoms with Gasteiger partial charge in [-0.1, -0.05) is 23.7 Å². The van der Waals surface area contributed by atoms with Crippen LogP contribution in [0.3, 0.4) is 0 Å². The maximum absolute atomic E-state index is 12.4. The summed E-state index contributed by atoms with van der Waals surface area (Å²) in [6, 6.07) is 10.6. The Morgan fingerprint density at radius 2 is 1.88 bits per heavy atom. The van der Waals surface area contributed by atoms with E-state index in [1.54, 1.807) is 25.1 Å². The monoisotopic (exact) mass is 354 g/mol. The minimum Gasteiger partial charge on any atom is -0.361 e.